The van der Waals surface area contributed by atoms with Crippen molar-refractivity contribution < 1.29 is 0 Å². The number of aromatic nitrogens is 3. The first-order valence-corrected chi connectivity index (χ1v) is 24.6. The van der Waals surface area contributed by atoms with Crippen molar-refractivity contribution in [3.8, 4) is 61.6 Å². The van der Waals surface area contributed by atoms with Gasteiger partial charge in [-0.15, -0.1) is 0 Å². The largest absolute Gasteiger partial charge is 0.310 e. The lowest BCUT2D eigenvalue weighted by Crippen LogP contribution is -2.59. The fraction of sp³-hybridized carbons (Fsp3) is 0. The standard InChI is InChI=1S/C66H34BN3/c1-2-16-39-36(13-1)31-49-65-59(39)48-21-7-8-26-51(48)69(65)55-33-38(68-52-27-11-24-46-42-19-5-3-17-40(42)44-22-9-14-35-29-30-54(68)62(57(35)44)60(46)52)34-56-64(55)67(49)50-32-37-15-10-23-45-41-18-4-6-20-43(41)47-25-12-28-53-61(47)63(58(37)45)66(50)70(53)56/h1-34H. The van der Waals surface area contributed by atoms with E-state index in [9.17, 15) is 0 Å². The molecule has 0 amide bonds. The Morgan fingerprint density at radius 3 is 1.43 bits per heavy atom. The van der Waals surface area contributed by atoms with Gasteiger partial charge < -0.3 is 13.7 Å². The highest BCUT2D eigenvalue weighted by Gasteiger charge is 2.43. The zero-order valence-corrected chi connectivity index (χ0v) is 37.5. The summed E-state index contributed by atoms with van der Waals surface area (Å²) in [5, 5.41) is 15.8. The van der Waals surface area contributed by atoms with Crippen LogP contribution >= 0.6 is 0 Å². The van der Waals surface area contributed by atoms with Crippen LogP contribution in [-0.4, -0.2) is 20.4 Å². The number of hydrogen-bond donors (Lipinski definition) is 0. The fourth-order valence-corrected chi connectivity index (χ4v) is 14.8. The molecule has 0 bridgehead atoms. The van der Waals surface area contributed by atoms with Crippen molar-refractivity contribution >= 4 is 121 Å². The van der Waals surface area contributed by atoms with Crippen molar-refractivity contribution in [3.63, 3.8) is 0 Å². The van der Waals surface area contributed by atoms with Crippen LogP contribution in [0.2, 0.25) is 0 Å². The SMILES string of the molecule is c1ccc2c(c1)-c1cccc3ccc4c(c13)c1c-2cccc1n4-c1cc2c3c(c1)-n1c4cccc5c4c4c6c(cccc6cc(c41)B3c1cc3ccccc3c3c4ccccc4n-2c13)-c1ccccc1-5. The second-order valence-corrected chi connectivity index (χ2v) is 20.2. The van der Waals surface area contributed by atoms with Crippen LogP contribution in [0.3, 0.4) is 0 Å². The zero-order valence-electron chi connectivity index (χ0n) is 37.5. The van der Waals surface area contributed by atoms with Crippen molar-refractivity contribution in [1.29, 1.82) is 0 Å². The maximum atomic E-state index is 2.69. The summed E-state index contributed by atoms with van der Waals surface area (Å²) in [5.41, 5.74) is 25.7. The van der Waals surface area contributed by atoms with E-state index in [1.165, 1.54) is 176 Å². The number of fused-ring (bicyclic) bond motifs is 16. The van der Waals surface area contributed by atoms with Crippen molar-refractivity contribution in [2.75, 3.05) is 0 Å². The second kappa shape index (κ2) is 11.8. The average Bonchev–Trinajstić information content (AvgIpc) is 4.04. The van der Waals surface area contributed by atoms with Gasteiger partial charge in [-0.25, -0.2) is 0 Å². The van der Waals surface area contributed by atoms with Gasteiger partial charge in [0, 0.05) is 43.7 Å². The van der Waals surface area contributed by atoms with Gasteiger partial charge >= 0.3 is 0 Å². The average molecular weight is 880 g/mol. The summed E-state index contributed by atoms with van der Waals surface area (Å²) in [7, 11) is 0. The molecule has 0 N–H and O–H groups in total. The van der Waals surface area contributed by atoms with Crippen molar-refractivity contribution in [3.05, 3.63) is 206 Å². The summed E-state index contributed by atoms with van der Waals surface area (Å²) in [6.45, 7) is -0.0136. The van der Waals surface area contributed by atoms with Gasteiger partial charge in [-0.2, -0.15) is 0 Å². The second-order valence-electron chi connectivity index (χ2n) is 20.2. The molecular formula is C66H34BN3. The van der Waals surface area contributed by atoms with Crippen molar-refractivity contribution in [2.24, 2.45) is 0 Å². The summed E-state index contributed by atoms with van der Waals surface area (Å²) in [6.07, 6.45) is 0. The summed E-state index contributed by atoms with van der Waals surface area (Å²) in [4.78, 5) is 0. The van der Waals surface area contributed by atoms with E-state index in [4.69, 9.17) is 0 Å². The van der Waals surface area contributed by atoms with Gasteiger partial charge in [0.25, 0.3) is 6.71 Å². The maximum absolute atomic E-state index is 2.69. The first-order valence-electron chi connectivity index (χ1n) is 24.6. The van der Waals surface area contributed by atoms with Gasteiger partial charge in [0.05, 0.1) is 38.8 Å². The number of rotatable bonds is 1. The molecule has 15 aromatic rings. The molecule has 316 valence electrons. The molecule has 0 saturated heterocycles. The lowest BCUT2D eigenvalue weighted by Gasteiger charge is -2.35. The van der Waals surface area contributed by atoms with Gasteiger partial charge in [0.2, 0.25) is 0 Å². The minimum absolute atomic E-state index is 0.0136. The lowest BCUT2D eigenvalue weighted by atomic mass is 9.34. The summed E-state index contributed by atoms with van der Waals surface area (Å²) in [6, 6.07) is 79.2. The third-order valence-electron chi connectivity index (χ3n) is 17.2. The van der Waals surface area contributed by atoms with Gasteiger partial charge in [-0.3, -0.25) is 0 Å². The molecule has 19 rings (SSSR count). The number of nitrogens with zero attached hydrogens (tertiary/aromatic N) is 3. The molecule has 0 radical (unpaired) electrons. The van der Waals surface area contributed by atoms with E-state index in [0.717, 1.165) is 0 Å². The molecule has 0 saturated carbocycles. The molecule has 2 aliphatic carbocycles. The van der Waals surface area contributed by atoms with Gasteiger partial charge in [-0.05, 0) is 130 Å². The van der Waals surface area contributed by atoms with Crippen LogP contribution in [0.15, 0.2) is 206 Å². The van der Waals surface area contributed by atoms with E-state index < -0.39 is 0 Å². The van der Waals surface area contributed by atoms with E-state index in [2.05, 4.69) is 220 Å². The molecule has 0 unspecified atom stereocenters. The van der Waals surface area contributed by atoms with Crippen LogP contribution in [0.1, 0.15) is 0 Å². The lowest BCUT2D eigenvalue weighted by molar-refractivity contribution is 1.10. The normalized spacial score (nSPS) is 13.4. The number of hydrogen-bond acceptors (Lipinski definition) is 0. The Labute approximate surface area is 400 Å². The summed E-state index contributed by atoms with van der Waals surface area (Å²) >= 11 is 0. The minimum Gasteiger partial charge on any atom is -0.310 e. The Hall–Kier alpha value is -9.12. The van der Waals surface area contributed by atoms with E-state index in [1.54, 1.807) is 0 Å². The zero-order chi connectivity index (χ0) is 44.8. The molecule has 4 aliphatic rings. The minimum atomic E-state index is -0.0136. The smallest absolute Gasteiger partial charge is 0.252 e. The molecule has 0 atom stereocenters. The van der Waals surface area contributed by atoms with Crippen LogP contribution in [0.25, 0.3) is 159 Å². The molecule has 3 aromatic heterocycles. The third kappa shape index (κ3) is 3.80. The Morgan fingerprint density at radius 2 is 0.729 bits per heavy atom. The van der Waals surface area contributed by atoms with Crippen LogP contribution in [0.4, 0.5) is 0 Å². The molecule has 5 heterocycles. The summed E-state index contributed by atoms with van der Waals surface area (Å²) < 4.78 is 7.94. The molecule has 12 aromatic carbocycles. The third-order valence-corrected chi connectivity index (χ3v) is 17.2. The van der Waals surface area contributed by atoms with Crippen LogP contribution in [0.5, 0.6) is 0 Å². The molecule has 0 fully saturated rings. The first-order chi connectivity index (χ1) is 34.8. The number of benzene rings is 12. The Bertz CT molecular complexity index is 5080. The van der Waals surface area contributed by atoms with Crippen molar-refractivity contribution in [2.45, 2.75) is 0 Å². The Kier molecular flexibility index (Phi) is 5.89. The molecule has 0 spiro atoms. The first kappa shape index (κ1) is 35.1. The van der Waals surface area contributed by atoms with E-state index in [-0.39, 0.29) is 6.71 Å². The van der Waals surface area contributed by atoms with Crippen LogP contribution in [0, 0.1) is 0 Å². The monoisotopic (exact) mass is 879 g/mol. The quantitative estimate of drug-likeness (QED) is 0.146. The fourth-order valence-electron chi connectivity index (χ4n) is 14.8. The van der Waals surface area contributed by atoms with E-state index >= 15 is 0 Å². The van der Waals surface area contributed by atoms with Crippen molar-refractivity contribution in [1.82, 2.24) is 13.7 Å². The van der Waals surface area contributed by atoms with Gasteiger partial charge in [0.15, 0.2) is 0 Å². The molecular weight excluding hydrogens is 846 g/mol. The predicted octanol–water partition coefficient (Wildman–Crippen LogP) is 14.9. The summed E-state index contributed by atoms with van der Waals surface area (Å²) in [5.74, 6) is 0. The highest BCUT2D eigenvalue weighted by Crippen LogP contribution is 2.53. The molecule has 3 nitrogen and oxygen atoms in total. The van der Waals surface area contributed by atoms with Gasteiger partial charge in [0.1, 0.15) is 0 Å². The Balaban J connectivity index is 1.06. The molecule has 2 aliphatic heterocycles. The maximum Gasteiger partial charge on any atom is 0.252 e. The van der Waals surface area contributed by atoms with Gasteiger partial charge in [-0.1, -0.05) is 170 Å². The van der Waals surface area contributed by atoms with Crippen LogP contribution < -0.4 is 16.4 Å². The molecule has 4 heteroatoms. The topological polar surface area (TPSA) is 14.8 Å². The number of para-hydroxylation sites is 1. The van der Waals surface area contributed by atoms with E-state index in [0.29, 0.717) is 0 Å². The predicted molar refractivity (Wildman–Crippen MR) is 295 cm³/mol. The Morgan fingerprint density at radius 1 is 0.271 bits per heavy atom. The highest BCUT2D eigenvalue weighted by molar-refractivity contribution is 7.00. The van der Waals surface area contributed by atoms with Crippen LogP contribution in [-0.2, 0) is 0 Å². The molecule has 70 heavy (non-hydrogen) atoms. The highest BCUT2D eigenvalue weighted by atomic mass is 15.1. The van der Waals surface area contributed by atoms with E-state index in [1.807, 2.05) is 0 Å².